The van der Waals surface area contributed by atoms with Crippen LogP contribution in [0.3, 0.4) is 0 Å². The van der Waals surface area contributed by atoms with Gasteiger partial charge in [0, 0.05) is 17.3 Å². The molecule has 0 amide bonds. The van der Waals surface area contributed by atoms with Crippen LogP contribution in [-0.4, -0.2) is 30.0 Å². The smallest absolute Gasteiger partial charge is 0.165 e. The zero-order valence-electron chi connectivity index (χ0n) is 16.0. The molecule has 0 unspecified atom stereocenters. The van der Waals surface area contributed by atoms with Crippen LogP contribution in [0.25, 0.3) is 22.4 Å². The monoisotopic (exact) mass is 394 g/mol. The second-order valence-corrected chi connectivity index (χ2v) is 7.01. The van der Waals surface area contributed by atoms with Crippen molar-refractivity contribution in [2.45, 2.75) is 18.9 Å². The SMILES string of the molecule is COc1ccc(-c2nn(C3CCNCC3)cc2-c2ccc(C#N)c(F)c2)cc1F. The second kappa shape index (κ2) is 8.02. The van der Waals surface area contributed by atoms with Gasteiger partial charge in [-0.1, -0.05) is 6.07 Å². The molecule has 1 aromatic heterocycles. The summed E-state index contributed by atoms with van der Waals surface area (Å²) in [6.45, 7) is 1.80. The Kier molecular flexibility index (Phi) is 5.28. The lowest BCUT2D eigenvalue weighted by atomic mass is 10.00. The molecule has 0 aliphatic carbocycles. The van der Waals surface area contributed by atoms with Crippen LogP contribution in [0.5, 0.6) is 5.75 Å². The van der Waals surface area contributed by atoms with Gasteiger partial charge in [-0.15, -0.1) is 0 Å². The largest absolute Gasteiger partial charge is 0.494 e. The Morgan fingerprint density at radius 1 is 1.10 bits per heavy atom. The number of benzene rings is 2. The molecule has 4 rings (SSSR count). The van der Waals surface area contributed by atoms with E-state index in [1.807, 2.05) is 16.9 Å². The van der Waals surface area contributed by atoms with Crippen LogP contribution in [0.4, 0.5) is 8.78 Å². The summed E-state index contributed by atoms with van der Waals surface area (Å²) in [5, 5.41) is 17.1. The van der Waals surface area contributed by atoms with Gasteiger partial charge in [0.05, 0.1) is 18.7 Å². The number of piperidine rings is 1. The number of halogens is 2. The van der Waals surface area contributed by atoms with Gasteiger partial charge >= 0.3 is 0 Å². The van der Waals surface area contributed by atoms with Crippen molar-refractivity contribution >= 4 is 0 Å². The summed E-state index contributed by atoms with van der Waals surface area (Å²) < 4.78 is 35.5. The van der Waals surface area contributed by atoms with Crippen molar-refractivity contribution in [2.75, 3.05) is 20.2 Å². The number of nitrogens with one attached hydrogen (secondary N) is 1. The van der Waals surface area contributed by atoms with Crippen molar-refractivity contribution in [2.24, 2.45) is 0 Å². The predicted molar refractivity (Wildman–Crippen MR) is 105 cm³/mol. The fourth-order valence-corrected chi connectivity index (χ4v) is 3.66. The average Bonchev–Trinajstić information content (AvgIpc) is 3.20. The summed E-state index contributed by atoms with van der Waals surface area (Å²) in [5.41, 5.74) is 2.41. The summed E-state index contributed by atoms with van der Waals surface area (Å²) in [6.07, 6.45) is 3.74. The summed E-state index contributed by atoms with van der Waals surface area (Å²) in [4.78, 5) is 0. The average molecular weight is 394 g/mol. The Morgan fingerprint density at radius 2 is 1.83 bits per heavy atom. The number of hydrogen-bond donors (Lipinski definition) is 1. The molecule has 2 heterocycles. The van der Waals surface area contributed by atoms with Gasteiger partial charge in [0.2, 0.25) is 0 Å². The number of rotatable bonds is 4. The molecule has 0 radical (unpaired) electrons. The van der Waals surface area contributed by atoms with Crippen LogP contribution in [0.15, 0.2) is 42.6 Å². The molecule has 1 saturated heterocycles. The molecule has 0 bridgehead atoms. The molecular formula is C22H20F2N4O. The highest BCUT2D eigenvalue weighted by atomic mass is 19.1. The standard InChI is InChI=1S/C22H20F2N4O/c1-29-21-5-4-15(11-20(21)24)22-18(14-2-3-16(12-25)19(23)10-14)13-28(27-22)17-6-8-26-9-7-17/h2-5,10-11,13,17,26H,6-9H2,1H3. The minimum atomic E-state index is -0.591. The maximum absolute atomic E-state index is 14.3. The van der Waals surface area contributed by atoms with Crippen LogP contribution in [-0.2, 0) is 0 Å². The first-order chi connectivity index (χ1) is 14.1. The Morgan fingerprint density at radius 3 is 2.48 bits per heavy atom. The first kappa shape index (κ1) is 19.1. The van der Waals surface area contributed by atoms with Gasteiger partial charge in [-0.2, -0.15) is 10.4 Å². The zero-order valence-corrected chi connectivity index (χ0v) is 16.0. The molecule has 0 atom stereocenters. The van der Waals surface area contributed by atoms with E-state index in [0.717, 1.165) is 25.9 Å². The fourth-order valence-electron chi connectivity index (χ4n) is 3.66. The lowest BCUT2D eigenvalue weighted by Gasteiger charge is -2.22. The molecule has 1 aliphatic heterocycles. The van der Waals surface area contributed by atoms with Crippen molar-refractivity contribution in [3.63, 3.8) is 0 Å². The molecule has 0 spiro atoms. The normalized spacial score (nSPS) is 14.6. The van der Waals surface area contributed by atoms with Gasteiger partial charge in [-0.3, -0.25) is 4.68 Å². The third-order valence-corrected chi connectivity index (χ3v) is 5.24. The Hall–Kier alpha value is -3.24. The van der Waals surface area contributed by atoms with Crippen molar-refractivity contribution in [1.29, 1.82) is 5.26 Å². The first-order valence-electron chi connectivity index (χ1n) is 9.44. The van der Waals surface area contributed by atoms with E-state index in [0.29, 0.717) is 22.4 Å². The molecule has 1 fully saturated rings. The van der Waals surface area contributed by atoms with Crippen molar-refractivity contribution in [1.82, 2.24) is 15.1 Å². The molecule has 5 nitrogen and oxygen atoms in total. The number of hydrogen-bond acceptors (Lipinski definition) is 4. The summed E-state index contributed by atoms with van der Waals surface area (Å²) >= 11 is 0. The zero-order chi connectivity index (χ0) is 20.4. The highest BCUT2D eigenvalue weighted by molar-refractivity contribution is 5.81. The van der Waals surface area contributed by atoms with Crippen LogP contribution < -0.4 is 10.1 Å². The molecule has 29 heavy (non-hydrogen) atoms. The van der Waals surface area contributed by atoms with E-state index in [9.17, 15) is 8.78 Å². The van der Waals surface area contributed by atoms with Crippen molar-refractivity contribution in [3.05, 3.63) is 59.8 Å². The molecule has 2 aromatic carbocycles. The summed E-state index contributed by atoms with van der Waals surface area (Å²) in [7, 11) is 1.41. The van der Waals surface area contributed by atoms with Crippen molar-refractivity contribution < 1.29 is 13.5 Å². The topological polar surface area (TPSA) is 62.9 Å². The third kappa shape index (κ3) is 3.71. The molecule has 1 N–H and O–H groups in total. The van der Waals surface area contributed by atoms with Gasteiger partial charge in [0.1, 0.15) is 17.6 Å². The summed E-state index contributed by atoms with van der Waals surface area (Å²) in [6, 6.07) is 11.2. The Balaban J connectivity index is 1.84. The lowest BCUT2D eigenvalue weighted by Crippen LogP contribution is -2.29. The number of aromatic nitrogens is 2. The van der Waals surface area contributed by atoms with Crippen LogP contribution in [0, 0.1) is 23.0 Å². The molecule has 0 saturated carbocycles. The van der Waals surface area contributed by atoms with E-state index >= 15 is 0 Å². The van der Waals surface area contributed by atoms with E-state index in [-0.39, 0.29) is 17.4 Å². The minimum Gasteiger partial charge on any atom is -0.494 e. The van der Waals surface area contributed by atoms with E-state index < -0.39 is 11.6 Å². The predicted octanol–water partition coefficient (Wildman–Crippen LogP) is 4.30. The van der Waals surface area contributed by atoms with E-state index in [1.54, 1.807) is 18.2 Å². The van der Waals surface area contributed by atoms with Crippen LogP contribution >= 0.6 is 0 Å². The quantitative estimate of drug-likeness (QED) is 0.717. The molecule has 148 valence electrons. The number of ether oxygens (including phenoxy) is 1. The van der Waals surface area contributed by atoms with Gasteiger partial charge in [0.15, 0.2) is 11.6 Å². The third-order valence-electron chi connectivity index (χ3n) is 5.24. The van der Waals surface area contributed by atoms with E-state index in [2.05, 4.69) is 5.32 Å². The Bertz CT molecular complexity index is 1080. The van der Waals surface area contributed by atoms with E-state index in [1.165, 1.54) is 25.3 Å². The first-order valence-corrected chi connectivity index (χ1v) is 9.44. The lowest BCUT2D eigenvalue weighted by molar-refractivity contribution is 0.344. The van der Waals surface area contributed by atoms with Crippen LogP contribution in [0.2, 0.25) is 0 Å². The van der Waals surface area contributed by atoms with Gasteiger partial charge < -0.3 is 10.1 Å². The second-order valence-electron chi connectivity index (χ2n) is 7.01. The maximum atomic E-state index is 14.3. The van der Waals surface area contributed by atoms with Gasteiger partial charge in [0.25, 0.3) is 0 Å². The van der Waals surface area contributed by atoms with Gasteiger partial charge in [-0.25, -0.2) is 8.78 Å². The summed E-state index contributed by atoms with van der Waals surface area (Å²) in [5.74, 6) is -0.928. The van der Waals surface area contributed by atoms with Crippen LogP contribution in [0.1, 0.15) is 24.4 Å². The minimum absolute atomic E-state index is 0.0171. The molecule has 3 aromatic rings. The highest BCUT2D eigenvalue weighted by Gasteiger charge is 2.21. The number of nitrogens with zero attached hydrogens (tertiary/aromatic N) is 3. The maximum Gasteiger partial charge on any atom is 0.165 e. The number of methoxy groups -OCH3 is 1. The van der Waals surface area contributed by atoms with Gasteiger partial charge in [-0.05, 0) is 61.8 Å². The van der Waals surface area contributed by atoms with Crippen molar-refractivity contribution in [3.8, 4) is 34.2 Å². The number of nitriles is 1. The molecular weight excluding hydrogens is 374 g/mol. The fraction of sp³-hybridized carbons (Fsp3) is 0.273. The highest BCUT2D eigenvalue weighted by Crippen LogP contribution is 2.35. The molecule has 7 heteroatoms. The Labute approximate surface area is 167 Å². The van der Waals surface area contributed by atoms with E-state index in [4.69, 9.17) is 15.1 Å². The molecule has 1 aliphatic rings.